The summed E-state index contributed by atoms with van der Waals surface area (Å²) in [6.45, 7) is 0. The molecule has 120 valence electrons. The minimum absolute atomic E-state index is 0.143. The van der Waals surface area contributed by atoms with Crippen molar-refractivity contribution in [3.63, 3.8) is 0 Å². The van der Waals surface area contributed by atoms with Crippen LogP contribution in [0.1, 0.15) is 23.2 Å². The van der Waals surface area contributed by atoms with E-state index in [0.29, 0.717) is 7.11 Å². The van der Waals surface area contributed by atoms with E-state index in [4.69, 9.17) is 0 Å². The molecule has 8 heteroatoms. The monoisotopic (exact) mass is 318 g/mol. The molecule has 1 unspecified atom stereocenters. The van der Waals surface area contributed by atoms with Crippen LogP contribution >= 0.6 is 0 Å². The number of esters is 1. The average Bonchev–Trinajstić information content (AvgIpc) is 2.45. The van der Waals surface area contributed by atoms with Crippen molar-refractivity contribution < 1.29 is 37.4 Å². The first-order chi connectivity index (χ1) is 10.1. The summed E-state index contributed by atoms with van der Waals surface area (Å²) < 4.78 is 42.2. The molecule has 0 bridgehead atoms. The summed E-state index contributed by atoms with van der Waals surface area (Å²) >= 11 is 0. The van der Waals surface area contributed by atoms with Crippen LogP contribution in [0.25, 0.3) is 0 Å². The van der Waals surface area contributed by atoms with E-state index in [0.717, 1.165) is 0 Å². The fourth-order valence-corrected chi connectivity index (χ4v) is 1.71. The lowest BCUT2D eigenvalue weighted by molar-refractivity contribution is -0.261. The van der Waals surface area contributed by atoms with Crippen molar-refractivity contribution in [2.24, 2.45) is 0 Å². The molecule has 0 aromatic heterocycles. The Kier molecular flexibility index (Phi) is 5.43. The summed E-state index contributed by atoms with van der Waals surface area (Å²) in [5.41, 5.74) is -3.82. The molecule has 1 rings (SSSR count). The normalized spacial score (nSPS) is 14.0. The van der Waals surface area contributed by atoms with Gasteiger partial charge in [0.15, 0.2) is 5.78 Å². The molecule has 1 atom stereocenters. The number of halogens is 3. The number of benzene rings is 1. The lowest BCUT2D eigenvalue weighted by Gasteiger charge is -2.26. The first kappa shape index (κ1) is 17.8. The van der Waals surface area contributed by atoms with Gasteiger partial charge in [0.05, 0.1) is 20.0 Å². The van der Waals surface area contributed by atoms with Crippen molar-refractivity contribution >= 4 is 17.5 Å². The molecule has 0 saturated carbocycles. The highest BCUT2D eigenvalue weighted by molar-refractivity contribution is 6.08. The number of carbonyl (C=O) groups excluding carboxylic acids is 3. The fraction of sp³-hybridized carbons (Fsp3) is 0.357. The Labute approximate surface area is 123 Å². The first-order valence-corrected chi connectivity index (χ1v) is 6.09. The molecule has 0 aliphatic heterocycles. The molecule has 1 aromatic rings. The number of hydrogen-bond acceptors (Lipinski definition) is 5. The summed E-state index contributed by atoms with van der Waals surface area (Å²) in [6, 6.07) is 7.46. The van der Waals surface area contributed by atoms with E-state index in [-0.39, 0.29) is 5.56 Å². The van der Waals surface area contributed by atoms with Gasteiger partial charge in [0.2, 0.25) is 0 Å². The van der Waals surface area contributed by atoms with Crippen LogP contribution in [0.3, 0.4) is 0 Å². The molecule has 0 aliphatic rings. The molecular weight excluding hydrogens is 305 g/mol. The van der Waals surface area contributed by atoms with Crippen LogP contribution in [0.15, 0.2) is 30.3 Å². The van der Waals surface area contributed by atoms with Crippen molar-refractivity contribution in [2.75, 3.05) is 7.11 Å². The van der Waals surface area contributed by atoms with Gasteiger partial charge in [-0.25, -0.2) is 4.79 Å². The SMILES string of the molecule is COC(=O)C(O)(CC(=O)CC(=O)c1ccccc1)C(F)(F)F. The number of alkyl halides is 3. The van der Waals surface area contributed by atoms with Crippen LogP contribution in [0.5, 0.6) is 0 Å². The highest BCUT2D eigenvalue weighted by Gasteiger charge is 2.61. The number of carbonyl (C=O) groups is 3. The summed E-state index contributed by atoms with van der Waals surface area (Å²) in [5, 5.41) is 9.44. The predicted octanol–water partition coefficient (Wildman–Crippen LogP) is 1.69. The Morgan fingerprint density at radius 1 is 1.14 bits per heavy atom. The topological polar surface area (TPSA) is 80.7 Å². The minimum atomic E-state index is -5.40. The molecule has 0 fully saturated rings. The Balaban J connectivity index is 2.85. The maximum absolute atomic E-state index is 12.8. The van der Waals surface area contributed by atoms with Crippen molar-refractivity contribution in [3.8, 4) is 0 Å². The lowest BCUT2D eigenvalue weighted by atomic mass is 9.93. The second-order valence-electron chi connectivity index (χ2n) is 4.53. The van der Waals surface area contributed by atoms with Crippen molar-refractivity contribution in [2.45, 2.75) is 24.6 Å². The van der Waals surface area contributed by atoms with Gasteiger partial charge in [0.1, 0.15) is 5.78 Å². The molecule has 0 spiro atoms. The van der Waals surface area contributed by atoms with Gasteiger partial charge in [-0.15, -0.1) is 0 Å². The zero-order valence-electron chi connectivity index (χ0n) is 11.5. The van der Waals surface area contributed by atoms with E-state index >= 15 is 0 Å². The lowest BCUT2D eigenvalue weighted by Crippen LogP contribution is -2.54. The fourth-order valence-electron chi connectivity index (χ4n) is 1.71. The molecule has 1 N–H and O–H groups in total. The summed E-state index contributed by atoms with van der Waals surface area (Å²) in [6.07, 6.45) is -7.84. The van der Waals surface area contributed by atoms with Crippen LogP contribution in [-0.2, 0) is 14.3 Å². The third-order valence-electron chi connectivity index (χ3n) is 2.90. The van der Waals surface area contributed by atoms with Gasteiger partial charge in [0.25, 0.3) is 5.60 Å². The van der Waals surface area contributed by atoms with Gasteiger partial charge in [-0.3, -0.25) is 9.59 Å². The second-order valence-corrected chi connectivity index (χ2v) is 4.53. The van der Waals surface area contributed by atoms with E-state index in [1.807, 2.05) is 0 Å². The van der Waals surface area contributed by atoms with Crippen LogP contribution in [0.2, 0.25) is 0 Å². The van der Waals surface area contributed by atoms with Crippen molar-refractivity contribution in [1.82, 2.24) is 0 Å². The van der Waals surface area contributed by atoms with E-state index in [2.05, 4.69) is 4.74 Å². The highest BCUT2D eigenvalue weighted by atomic mass is 19.4. The maximum atomic E-state index is 12.8. The van der Waals surface area contributed by atoms with Crippen LogP contribution < -0.4 is 0 Å². The van der Waals surface area contributed by atoms with Gasteiger partial charge in [0, 0.05) is 5.56 Å². The summed E-state index contributed by atoms with van der Waals surface area (Å²) in [4.78, 5) is 34.5. The van der Waals surface area contributed by atoms with Crippen molar-refractivity contribution in [1.29, 1.82) is 0 Å². The van der Waals surface area contributed by atoms with E-state index in [9.17, 15) is 32.7 Å². The number of aliphatic hydroxyl groups is 1. The van der Waals surface area contributed by atoms with Crippen molar-refractivity contribution in [3.05, 3.63) is 35.9 Å². The Morgan fingerprint density at radius 3 is 2.14 bits per heavy atom. The molecule has 22 heavy (non-hydrogen) atoms. The maximum Gasteiger partial charge on any atom is 0.428 e. The number of ether oxygens (including phenoxy) is 1. The smallest absolute Gasteiger partial charge is 0.428 e. The molecule has 0 radical (unpaired) electrons. The van der Waals surface area contributed by atoms with Crippen LogP contribution in [0.4, 0.5) is 13.2 Å². The molecule has 0 aliphatic carbocycles. The van der Waals surface area contributed by atoms with Gasteiger partial charge in [-0.05, 0) is 0 Å². The van der Waals surface area contributed by atoms with Gasteiger partial charge in [-0.1, -0.05) is 30.3 Å². The molecule has 0 amide bonds. The van der Waals surface area contributed by atoms with Gasteiger partial charge >= 0.3 is 12.1 Å². The van der Waals surface area contributed by atoms with E-state index < -0.39 is 42.2 Å². The Morgan fingerprint density at radius 2 is 1.68 bits per heavy atom. The highest BCUT2D eigenvalue weighted by Crippen LogP contribution is 2.34. The Bertz CT molecular complexity index is 568. The third kappa shape index (κ3) is 3.91. The van der Waals surface area contributed by atoms with E-state index in [1.165, 1.54) is 24.3 Å². The molecule has 1 aromatic carbocycles. The number of Topliss-reactive ketones (excluding diaryl/α,β-unsaturated/α-hetero) is 2. The largest absolute Gasteiger partial charge is 0.467 e. The summed E-state index contributed by atoms with van der Waals surface area (Å²) in [5.74, 6) is -3.93. The molecule has 0 saturated heterocycles. The molecular formula is C14H13F3O5. The Hall–Kier alpha value is -2.22. The number of methoxy groups -OCH3 is 1. The van der Waals surface area contributed by atoms with Crippen LogP contribution in [0, 0.1) is 0 Å². The molecule has 0 heterocycles. The minimum Gasteiger partial charge on any atom is -0.467 e. The standard InChI is InChI=1S/C14H13F3O5/c1-22-12(20)13(21,14(15,16)17)8-10(18)7-11(19)9-5-3-2-4-6-9/h2-6,21H,7-8H2,1H3. The number of rotatable bonds is 6. The summed E-state index contributed by atoms with van der Waals surface area (Å²) in [7, 11) is 0.651. The second kappa shape index (κ2) is 6.69. The van der Waals surface area contributed by atoms with E-state index in [1.54, 1.807) is 6.07 Å². The predicted molar refractivity (Wildman–Crippen MR) is 68.0 cm³/mol. The first-order valence-electron chi connectivity index (χ1n) is 6.09. The zero-order valence-corrected chi connectivity index (χ0v) is 11.5. The number of ketones is 2. The third-order valence-corrected chi connectivity index (χ3v) is 2.90. The molecule has 5 nitrogen and oxygen atoms in total. The van der Waals surface area contributed by atoms with Gasteiger partial charge in [-0.2, -0.15) is 13.2 Å². The van der Waals surface area contributed by atoms with Crippen LogP contribution in [-0.4, -0.2) is 41.5 Å². The average molecular weight is 318 g/mol. The zero-order chi connectivity index (χ0) is 17.0. The quantitative estimate of drug-likeness (QED) is 0.490. The number of hydrogen-bond donors (Lipinski definition) is 1. The van der Waals surface area contributed by atoms with Gasteiger partial charge < -0.3 is 9.84 Å².